The molecule has 0 fully saturated rings. The van der Waals surface area contributed by atoms with E-state index in [1.54, 1.807) is 0 Å². The Labute approximate surface area is 128 Å². The smallest absolute Gasteiger partial charge is 0.140 e. The van der Waals surface area contributed by atoms with Crippen LogP contribution in [0.25, 0.3) is 0 Å². The van der Waals surface area contributed by atoms with Crippen molar-refractivity contribution in [1.29, 1.82) is 0 Å². The van der Waals surface area contributed by atoms with Gasteiger partial charge in [0.25, 0.3) is 0 Å². The summed E-state index contributed by atoms with van der Waals surface area (Å²) >= 11 is 1.89. The Morgan fingerprint density at radius 2 is 1.85 bits per heavy atom. The van der Waals surface area contributed by atoms with E-state index in [1.165, 1.54) is 5.56 Å². The van der Waals surface area contributed by atoms with Gasteiger partial charge in [0.2, 0.25) is 0 Å². The minimum atomic E-state index is 0.241. The highest BCUT2D eigenvalue weighted by Gasteiger charge is 2.16. The van der Waals surface area contributed by atoms with Gasteiger partial charge in [-0.15, -0.1) is 11.8 Å². The Hall–Kier alpha value is -0.770. The number of nitrogens with zero attached hydrogens (tertiary/aromatic N) is 2. The first-order chi connectivity index (χ1) is 9.24. The first kappa shape index (κ1) is 17.3. The summed E-state index contributed by atoms with van der Waals surface area (Å²) in [6, 6.07) is 0. The normalized spacial score (nSPS) is 12.0. The van der Waals surface area contributed by atoms with Crippen molar-refractivity contribution in [3.05, 3.63) is 17.1 Å². The van der Waals surface area contributed by atoms with Gasteiger partial charge in [-0.3, -0.25) is 0 Å². The summed E-state index contributed by atoms with van der Waals surface area (Å²) in [4.78, 5) is 9.45. The molecule has 0 radical (unpaired) electrons. The molecule has 1 aromatic heterocycles. The van der Waals surface area contributed by atoms with Crippen LogP contribution in [0.4, 0.5) is 5.82 Å². The van der Waals surface area contributed by atoms with Crippen molar-refractivity contribution in [1.82, 2.24) is 9.97 Å². The second-order valence-corrected chi connectivity index (χ2v) is 8.27. The van der Waals surface area contributed by atoms with Crippen LogP contribution in [0.5, 0.6) is 0 Å². The maximum Gasteiger partial charge on any atom is 0.140 e. The Kier molecular flexibility index (Phi) is 6.31. The standard InChI is InChI=1S/C16H29N3S/c1-8-9-17-15-14(11(2)3)12(4)18-13(19-15)10-20-16(5,6)7/h11H,8-10H2,1-7H3,(H,17,18,19). The molecule has 1 rings (SSSR count). The maximum atomic E-state index is 4.75. The molecule has 0 spiro atoms. The van der Waals surface area contributed by atoms with Crippen LogP contribution >= 0.6 is 11.8 Å². The molecule has 3 nitrogen and oxygen atoms in total. The molecule has 0 atom stereocenters. The van der Waals surface area contributed by atoms with Crippen molar-refractivity contribution in [2.45, 2.75) is 71.3 Å². The third-order valence-electron chi connectivity index (χ3n) is 2.94. The molecule has 4 heteroatoms. The Morgan fingerprint density at radius 3 is 2.35 bits per heavy atom. The third-order valence-corrected chi connectivity index (χ3v) is 4.21. The third kappa shape index (κ3) is 5.31. The number of hydrogen-bond acceptors (Lipinski definition) is 4. The van der Waals surface area contributed by atoms with E-state index < -0.39 is 0 Å². The molecule has 0 aliphatic rings. The van der Waals surface area contributed by atoms with Gasteiger partial charge in [0.1, 0.15) is 11.6 Å². The van der Waals surface area contributed by atoms with Crippen LogP contribution in [0, 0.1) is 6.92 Å². The molecular formula is C16H29N3S. The molecule has 0 aliphatic carbocycles. The van der Waals surface area contributed by atoms with Gasteiger partial charge in [0.15, 0.2) is 0 Å². The summed E-state index contributed by atoms with van der Waals surface area (Å²) in [6.07, 6.45) is 1.10. The second kappa shape index (κ2) is 7.30. The molecule has 1 N–H and O–H groups in total. The Bertz CT molecular complexity index is 436. The lowest BCUT2D eigenvalue weighted by Crippen LogP contribution is -2.13. The van der Waals surface area contributed by atoms with Crippen LogP contribution in [-0.4, -0.2) is 21.3 Å². The zero-order valence-electron chi connectivity index (χ0n) is 14.0. The van der Waals surface area contributed by atoms with E-state index in [0.29, 0.717) is 5.92 Å². The quantitative estimate of drug-likeness (QED) is 0.821. The van der Waals surface area contributed by atoms with Crippen molar-refractivity contribution in [2.24, 2.45) is 0 Å². The van der Waals surface area contributed by atoms with E-state index in [9.17, 15) is 0 Å². The molecule has 0 aromatic carbocycles. The lowest BCUT2D eigenvalue weighted by atomic mass is 10.0. The fourth-order valence-corrected chi connectivity index (χ4v) is 2.75. The highest BCUT2D eigenvalue weighted by Crippen LogP contribution is 2.29. The summed E-state index contributed by atoms with van der Waals surface area (Å²) in [5.74, 6) is 3.27. The number of hydrogen-bond donors (Lipinski definition) is 1. The van der Waals surface area contributed by atoms with Gasteiger partial charge in [0, 0.05) is 22.5 Å². The van der Waals surface area contributed by atoms with Crippen LogP contribution in [0.15, 0.2) is 0 Å². The van der Waals surface area contributed by atoms with Crippen molar-refractivity contribution in [3.63, 3.8) is 0 Å². The first-order valence-corrected chi connectivity index (χ1v) is 8.48. The van der Waals surface area contributed by atoms with E-state index in [2.05, 4.69) is 53.8 Å². The van der Waals surface area contributed by atoms with Crippen LogP contribution in [0.1, 0.15) is 71.0 Å². The Morgan fingerprint density at radius 1 is 1.20 bits per heavy atom. The maximum absolute atomic E-state index is 4.75. The Balaban J connectivity index is 3.01. The lowest BCUT2D eigenvalue weighted by Gasteiger charge is -2.19. The van der Waals surface area contributed by atoms with Crippen molar-refractivity contribution >= 4 is 17.6 Å². The van der Waals surface area contributed by atoms with Gasteiger partial charge in [-0.05, 0) is 19.3 Å². The summed E-state index contributed by atoms with van der Waals surface area (Å²) in [7, 11) is 0. The summed E-state index contributed by atoms with van der Waals surface area (Å²) in [6.45, 7) is 16.3. The predicted molar refractivity (Wildman–Crippen MR) is 90.7 cm³/mol. The van der Waals surface area contributed by atoms with Gasteiger partial charge in [-0.1, -0.05) is 41.5 Å². The minimum Gasteiger partial charge on any atom is -0.370 e. The molecule has 0 saturated carbocycles. The number of aromatic nitrogens is 2. The van der Waals surface area contributed by atoms with Crippen LogP contribution < -0.4 is 5.32 Å². The van der Waals surface area contributed by atoms with Gasteiger partial charge in [-0.25, -0.2) is 9.97 Å². The van der Waals surface area contributed by atoms with Gasteiger partial charge < -0.3 is 5.32 Å². The molecule has 0 aliphatic heterocycles. The highest BCUT2D eigenvalue weighted by molar-refractivity contribution is 7.99. The average molecular weight is 295 g/mol. The molecule has 0 amide bonds. The van der Waals surface area contributed by atoms with E-state index in [0.717, 1.165) is 36.1 Å². The molecule has 20 heavy (non-hydrogen) atoms. The topological polar surface area (TPSA) is 37.8 Å². The summed E-state index contributed by atoms with van der Waals surface area (Å²) in [5, 5.41) is 3.46. The molecule has 1 heterocycles. The zero-order valence-corrected chi connectivity index (χ0v) is 14.8. The van der Waals surface area contributed by atoms with E-state index in [1.807, 2.05) is 11.8 Å². The fraction of sp³-hybridized carbons (Fsp3) is 0.750. The number of anilines is 1. The van der Waals surface area contributed by atoms with E-state index in [4.69, 9.17) is 9.97 Å². The molecular weight excluding hydrogens is 266 g/mol. The second-order valence-electron chi connectivity index (χ2n) is 6.47. The fourth-order valence-electron chi connectivity index (χ4n) is 2.05. The molecule has 0 unspecified atom stereocenters. The molecule has 1 aromatic rings. The molecule has 114 valence electrons. The highest BCUT2D eigenvalue weighted by atomic mass is 32.2. The largest absolute Gasteiger partial charge is 0.370 e. The number of aryl methyl sites for hydroxylation is 1. The van der Waals surface area contributed by atoms with E-state index in [-0.39, 0.29) is 4.75 Å². The zero-order chi connectivity index (χ0) is 15.3. The van der Waals surface area contributed by atoms with E-state index >= 15 is 0 Å². The van der Waals surface area contributed by atoms with Crippen molar-refractivity contribution < 1.29 is 0 Å². The minimum absolute atomic E-state index is 0.241. The van der Waals surface area contributed by atoms with Gasteiger partial charge >= 0.3 is 0 Å². The van der Waals surface area contributed by atoms with Gasteiger partial charge in [-0.2, -0.15) is 0 Å². The average Bonchev–Trinajstić information content (AvgIpc) is 2.32. The van der Waals surface area contributed by atoms with Crippen LogP contribution in [-0.2, 0) is 5.75 Å². The summed E-state index contributed by atoms with van der Waals surface area (Å²) in [5.41, 5.74) is 2.36. The number of nitrogens with one attached hydrogen (secondary N) is 1. The van der Waals surface area contributed by atoms with Gasteiger partial charge in [0.05, 0.1) is 5.75 Å². The van der Waals surface area contributed by atoms with Crippen molar-refractivity contribution in [2.75, 3.05) is 11.9 Å². The van der Waals surface area contributed by atoms with Crippen LogP contribution in [0.3, 0.4) is 0 Å². The number of rotatable bonds is 6. The monoisotopic (exact) mass is 295 g/mol. The van der Waals surface area contributed by atoms with Crippen molar-refractivity contribution in [3.8, 4) is 0 Å². The summed E-state index contributed by atoms with van der Waals surface area (Å²) < 4.78 is 0.241. The first-order valence-electron chi connectivity index (χ1n) is 7.49. The lowest BCUT2D eigenvalue weighted by molar-refractivity contribution is 0.794. The SMILES string of the molecule is CCCNc1nc(CSC(C)(C)C)nc(C)c1C(C)C. The molecule has 0 saturated heterocycles. The number of thioether (sulfide) groups is 1. The van der Waals surface area contributed by atoms with Crippen LogP contribution in [0.2, 0.25) is 0 Å². The molecule has 0 bridgehead atoms. The predicted octanol–water partition coefficient (Wildman–Crippen LogP) is 4.76.